The number of sulfonamides is 1. The molecule has 0 fully saturated rings. The van der Waals surface area contributed by atoms with Crippen LogP contribution in [0.15, 0.2) is 35.2 Å². The Morgan fingerprint density at radius 1 is 1.00 bits per heavy atom. The first kappa shape index (κ1) is 15.2. The Bertz CT molecular complexity index is 776. The quantitative estimate of drug-likeness (QED) is 0.760. The van der Waals surface area contributed by atoms with E-state index in [0.29, 0.717) is 28.1 Å². The van der Waals surface area contributed by atoms with Gasteiger partial charge in [0.25, 0.3) is 10.0 Å². The van der Waals surface area contributed by atoms with Gasteiger partial charge in [0.05, 0.1) is 10.6 Å². The van der Waals surface area contributed by atoms with Crippen molar-refractivity contribution in [1.82, 2.24) is 0 Å². The zero-order valence-corrected chi connectivity index (χ0v) is 13.0. The maximum absolute atomic E-state index is 12.5. The summed E-state index contributed by atoms with van der Waals surface area (Å²) in [5.41, 5.74) is 8.39. The van der Waals surface area contributed by atoms with E-state index in [1.807, 2.05) is 0 Å². The Hall–Kier alpha value is -2.21. The molecular weight excluding hydrogens is 288 g/mol. The van der Waals surface area contributed by atoms with Crippen LogP contribution in [0.4, 0.5) is 11.4 Å². The van der Waals surface area contributed by atoms with Crippen molar-refractivity contribution in [2.45, 2.75) is 25.7 Å². The average molecular weight is 306 g/mol. The third-order valence-corrected chi connectivity index (χ3v) is 4.90. The monoisotopic (exact) mass is 306 g/mol. The molecule has 21 heavy (non-hydrogen) atoms. The van der Waals surface area contributed by atoms with E-state index in [1.165, 1.54) is 6.07 Å². The predicted molar refractivity (Wildman–Crippen MR) is 84.0 cm³/mol. The van der Waals surface area contributed by atoms with E-state index >= 15 is 0 Å². The van der Waals surface area contributed by atoms with Gasteiger partial charge in [-0.2, -0.15) is 0 Å². The van der Waals surface area contributed by atoms with Crippen LogP contribution in [-0.2, 0) is 10.0 Å². The molecule has 0 spiro atoms. The van der Waals surface area contributed by atoms with Gasteiger partial charge in [0.1, 0.15) is 5.75 Å². The maximum Gasteiger partial charge on any atom is 0.262 e. The molecule has 0 saturated carbocycles. The molecule has 6 heteroatoms. The second-order valence-electron chi connectivity index (χ2n) is 5.09. The minimum atomic E-state index is -3.74. The summed E-state index contributed by atoms with van der Waals surface area (Å²) in [5, 5.41) is 9.66. The lowest BCUT2D eigenvalue weighted by molar-refractivity contribution is 0.471. The van der Waals surface area contributed by atoms with Gasteiger partial charge in [-0.05, 0) is 55.7 Å². The lowest BCUT2D eigenvalue weighted by atomic mass is 10.1. The fraction of sp³-hybridized carbons (Fsp3) is 0.200. The number of benzene rings is 2. The minimum absolute atomic E-state index is 0.0425. The molecule has 0 aromatic heterocycles. The van der Waals surface area contributed by atoms with Crippen LogP contribution < -0.4 is 10.5 Å². The zero-order valence-electron chi connectivity index (χ0n) is 12.1. The number of phenols is 1. The first-order chi connectivity index (χ1) is 9.70. The van der Waals surface area contributed by atoms with E-state index in [-0.39, 0.29) is 10.6 Å². The smallest absolute Gasteiger partial charge is 0.262 e. The van der Waals surface area contributed by atoms with Gasteiger partial charge in [-0.25, -0.2) is 8.42 Å². The van der Waals surface area contributed by atoms with Gasteiger partial charge in [-0.3, -0.25) is 4.72 Å². The Balaban J connectivity index is 2.46. The molecule has 0 aliphatic carbocycles. The highest BCUT2D eigenvalue weighted by molar-refractivity contribution is 7.92. The molecule has 0 amide bonds. The normalized spacial score (nSPS) is 11.4. The lowest BCUT2D eigenvalue weighted by Gasteiger charge is -2.14. The summed E-state index contributed by atoms with van der Waals surface area (Å²) in [4.78, 5) is 0.205. The minimum Gasteiger partial charge on any atom is -0.508 e. The van der Waals surface area contributed by atoms with Crippen LogP contribution in [0.25, 0.3) is 0 Å². The van der Waals surface area contributed by atoms with Gasteiger partial charge in [-0.15, -0.1) is 0 Å². The van der Waals surface area contributed by atoms with Crippen molar-refractivity contribution < 1.29 is 13.5 Å². The molecule has 0 saturated heterocycles. The number of rotatable bonds is 3. The SMILES string of the molecule is Cc1ccc(NS(=O)(=O)c2c(C)cc(N)cc2C)cc1O. The third kappa shape index (κ3) is 3.11. The van der Waals surface area contributed by atoms with E-state index < -0.39 is 10.0 Å². The van der Waals surface area contributed by atoms with Crippen molar-refractivity contribution in [3.05, 3.63) is 47.0 Å². The Kier molecular flexibility index (Phi) is 3.82. The van der Waals surface area contributed by atoms with Crippen LogP contribution in [0.3, 0.4) is 0 Å². The largest absolute Gasteiger partial charge is 0.508 e. The highest BCUT2D eigenvalue weighted by Gasteiger charge is 2.20. The number of nitrogens with one attached hydrogen (secondary N) is 1. The molecule has 2 rings (SSSR count). The van der Waals surface area contributed by atoms with Gasteiger partial charge in [0, 0.05) is 11.8 Å². The standard InChI is InChI=1S/C15H18N2O3S/c1-9-4-5-13(8-14(9)18)17-21(19,20)15-10(2)6-12(16)7-11(15)3/h4-8,17-18H,16H2,1-3H3. The molecular formula is C15H18N2O3S. The van der Waals surface area contributed by atoms with Crippen LogP contribution in [0, 0.1) is 20.8 Å². The topological polar surface area (TPSA) is 92.4 Å². The summed E-state index contributed by atoms with van der Waals surface area (Å²) in [6.07, 6.45) is 0. The van der Waals surface area contributed by atoms with Crippen molar-refractivity contribution in [2.24, 2.45) is 0 Å². The van der Waals surface area contributed by atoms with Crippen LogP contribution in [0.2, 0.25) is 0 Å². The van der Waals surface area contributed by atoms with Gasteiger partial charge < -0.3 is 10.8 Å². The number of anilines is 2. The summed E-state index contributed by atoms with van der Waals surface area (Å²) in [5.74, 6) is 0.0425. The molecule has 0 aliphatic rings. The van der Waals surface area contributed by atoms with Crippen LogP contribution >= 0.6 is 0 Å². The number of hydrogen-bond donors (Lipinski definition) is 3. The lowest BCUT2D eigenvalue weighted by Crippen LogP contribution is -2.16. The predicted octanol–water partition coefficient (Wildman–Crippen LogP) is 2.70. The molecule has 0 bridgehead atoms. The first-order valence-electron chi connectivity index (χ1n) is 6.40. The fourth-order valence-corrected chi connectivity index (χ4v) is 3.79. The molecule has 0 atom stereocenters. The Morgan fingerprint density at radius 3 is 2.10 bits per heavy atom. The molecule has 112 valence electrons. The van der Waals surface area contributed by atoms with E-state index in [1.54, 1.807) is 45.0 Å². The highest BCUT2D eigenvalue weighted by Crippen LogP contribution is 2.27. The molecule has 2 aromatic rings. The summed E-state index contributed by atoms with van der Waals surface area (Å²) in [6, 6.07) is 7.88. The van der Waals surface area contributed by atoms with Gasteiger partial charge in [-0.1, -0.05) is 6.07 Å². The first-order valence-corrected chi connectivity index (χ1v) is 7.88. The Morgan fingerprint density at radius 2 is 1.57 bits per heavy atom. The van der Waals surface area contributed by atoms with E-state index in [9.17, 15) is 13.5 Å². The zero-order chi connectivity index (χ0) is 15.8. The molecule has 4 N–H and O–H groups in total. The number of nitrogens with two attached hydrogens (primary N) is 1. The van der Waals surface area contributed by atoms with Gasteiger partial charge in [0.15, 0.2) is 0 Å². The number of aryl methyl sites for hydroxylation is 3. The van der Waals surface area contributed by atoms with Gasteiger partial charge >= 0.3 is 0 Å². The molecule has 0 heterocycles. The average Bonchev–Trinajstić information content (AvgIpc) is 2.31. The van der Waals surface area contributed by atoms with Crippen molar-refractivity contribution in [2.75, 3.05) is 10.5 Å². The fourth-order valence-electron chi connectivity index (χ4n) is 2.29. The molecule has 0 radical (unpaired) electrons. The summed E-state index contributed by atoms with van der Waals surface area (Å²) < 4.78 is 27.5. The highest BCUT2D eigenvalue weighted by atomic mass is 32.2. The van der Waals surface area contributed by atoms with E-state index in [2.05, 4.69) is 4.72 Å². The molecule has 2 aromatic carbocycles. The van der Waals surface area contributed by atoms with Crippen molar-refractivity contribution in [1.29, 1.82) is 0 Å². The van der Waals surface area contributed by atoms with Crippen molar-refractivity contribution in [3.63, 3.8) is 0 Å². The van der Waals surface area contributed by atoms with Crippen LogP contribution in [0.5, 0.6) is 5.75 Å². The number of nitrogen functional groups attached to an aromatic ring is 1. The molecule has 0 aliphatic heterocycles. The van der Waals surface area contributed by atoms with Crippen LogP contribution in [-0.4, -0.2) is 13.5 Å². The van der Waals surface area contributed by atoms with Crippen LogP contribution in [0.1, 0.15) is 16.7 Å². The Labute approximate surface area is 124 Å². The molecule has 5 nitrogen and oxygen atoms in total. The number of aromatic hydroxyl groups is 1. The summed E-state index contributed by atoms with van der Waals surface area (Å²) in [7, 11) is -3.74. The summed E-state index contributed by atoms with van der Waals surface area (Å²) >= 11 is 0. The number of phenolic OH excluding ortho intramolecular Hbond substituents is 1. The molecule has 0 unspecified atom stereocenters. The van der Waals surface area contributed by atoms with E-state index in [0.717, 1.165) is 0 Å². The second kappa shape index (κ2) is 5.29. The second-order valence-corrected chi connectivity index (χ2v) is 6.71. The third-order valence-electron chi connectivity index (χ3n) is 3.21. The van der Waals surface area contributed by atoms with E-state index in [4.69, 9.17) is 5.73 Å². The van der Waals surface area contributed by atoms with Crippen molar-refractivity contribution >= 4 is 21.4 Å². The summed E-state index contributed by atoms with van der Waals surface area (Å²) in [6.45, 7) is 5.14. The van der Waals surface area contributed by atoms with Crippen molar-refractivity contribution in [3.8, 4) is 5.75 Å². The van der Waals surface area contributed by atoms with Gasteiger partial charge in [0.2, 0.25) is 0 Å². The number of hydrogen-bond acceptors (Lipinski definition) is 4. The maximum atomic E-state index is 12.5.